The van der Waals surface area contributed by atoms with Crippen LogP contribution in [0.15, 0.2) is 41.3 Å². The van der Waals surface area contributed by atoms with Crippen molar-refractivity contribution >= 4 is 29.1 Å². The summed E-state index contributed by atoms with van der Waals surface area (Å²) in [4.78, 5) is 18.1. The summed E-state index contributed by atoms with van der Waals surface area (Å²) in [5, 5.41) is 16.2. The lowest BCUT2D eigenvalue weighted by Crippen LogP contribution is -2.45. The van der Waals surface area contributed by atoms with Crippen LogP contribution in [0.3, 0.4) is 0 Å². The average Bonchev–Trinajstić information content (AvgIpc) is 3.21. The number of likely N-dealkylation sites (N-methyl/N-ethyl adjacent to an activating group) is 1. The first kappa shape index (κ1) is 21.6. The number of anilines is 1. The number of hydrogen-bond acceptors (Lipinski definition) is 7. The molecule has 0 aliphatic carbocycles. The van der Waals surface area contributed by atoms with Gasteiger partial charge in [-0.1, -0.05) is 12.1 Å². The molecule has 0 radical (unpaired) electrons. The van der Waals surface area contributed by atoms with Crippen molar-refractivity contribution in [3.05, 3.63) is 47.8 Å². The number of benzene rings is 1. The summed E-state index contributed by atoms with van der Waals surface area (Å²) in [6.45, 7) is 4.58. The molecule has 0 spiro atoms. The molecule has 0 unspecified atom stereocenters. The molecule has 1 amide bonds. The standard InChI is InChI=1S/C22H29N7OS/c1-27-13-15-28(16-14-27)21-8-7-19-24-25-20(29(19)26-21)9-10-22(30)23-12-11-17-3-5-18(31-2)6-4-17/h3-8H,9-16H2,1-2H3,(H,23,30). The van der Waals surface area contributed by atoms with Crippen molar-refractivity contribution in [3.63, 3.8) is 0 Å². The Kier molecular flexibility index (Phi) is 7.03. The second kappa shape index (κ2) is 10.1. The highest BCUT2D eigenvalue weighted by atomic mass is 32.2. The van der Waals surface area contributed by atoms with E-state index in [0.29, 0.717) is 30.9 Å². The minimum absolute atomic E-state index is 0.0210. The second-order valence-corrected chi connectivity index (χ2v) is 8.70. The zero-order valence-corrected chi connectivity index (χ0v) is 18.9. The van der Waals surface area contributed by atoms with Gasteiger partial charge in [-0.2, -0.15) is 4.52 Å². The molecule has 0 bridgehead atoms. The van der Waals surface area contributed by atoms with Crippen LogP contribution in [-0.2, 0) is 17.6 Å². The number of rotatable bonds is 8. The van der Waals surface area contributed by atoms with Crippen LogP contribution in [0.1, 0.15) is 17.8 Å². The molecule has 1 fully saturated rings. The molecule has 1 aliphatic rings. The molecule has 4 rings (SSSR count). The van der Waals surface area contributed by atoms with Gasteiger partial charge < -0.3 is 15.1 Å². The maximum absolute atomic E-state index is 12.3. The Morgan fingerprint density at radius 2 is 1.81 bits per heavy atom. The molecular weight excluding hydrogens is 410 g/mol. The molecule has 2 aromatic heterocycles. The van der Waals surface area contributed by atoms with E-state index in [0.717, 1.165) is 38.4 Å². The largest absolute Gasteiger partial charge is 0.356 e. The SMILES string of the molecule is CSc1ccc(CCNC(=O)CCc2nnc3ccc(N4CCN(C)CC4)nn23)cc1. The number of nitrogens with zero attached hydrogens (tertiary/aromatic N) is 6. The third-order valence-electron chi connectivity index (χ3n) is 5.61. The minimum Gasteiger partial charge on any atom is -0.356 e. The molecule has 8 nitrogen and oxygen atoms in total. The number of carbonyl (C=O) groups excluding carboxylic acids is 1. The molecule has 1 aromatic carbocycles. The van der Waals surface area contributed by atoms with Gasteiger partial charge in [-0.05, 0) is 49.6 Å². The molecule has 1 N–H and O–H groups in total. The van der Waals surface area contributed by atoms with Gasteiger partial charge in [0, 0.05) is 50.5 Å². The fourth-order valence-electron chi connectivity index (χ4n) is 3.64. The second-order valence-electron chi connectivity index (χ2n) is 7.82. The van der Waals surface area contributed by atoms with Crippen molar-refractivity contribution in [2.45, 2.75) is 24.2 Å². The van der Waals surface area contributed by atoms with Crippen LogP contribution in [0.2, 0.25) is 0 Å². The molecular formula is C22H29N7OS. The highest BCUT2D eigenvalue weighted by Gasteiger charge is 2.17. The van der Waals surface area contributed by atoms with Crippen molar-refractivity contribution in [2.75, 3.05) is 50.9 Å². The maximum Gasteiger partial charge on any atom is 0.220 e. The Bertz CT molecular complexity index is 1010. The molecule has 164 valence electrons. The van der Waals surface area contributed by atoms with Gasteiger partial charge in [0.1, 0.15) is 5.82 Å². The summed E-state index contributed by atoms with van der Waals surface area (Å²) in [7, 11) is 2.14. The van der Waals surface area contributed by atoms with Crippen molar-refractivity contribution in [3.8, 4) is 0 Å². The Morgan fingerprint density at radius 1 is 1.03 bits per heavy atom. The first-order valence-corrected chi connectivity index (χ1v) is 11.9. The fourth-order valence-corrected chi connectivity index (χ4v) is 4.04. The lowest BCUT2D eigenvalue weighted by molar-refractivity contribution is -0.121. The van der Waals surface area contributed by atoms with Crippen LogP contribution in [0.5, 0.6) is 0 Å². The topological polar surface area (TPSA) is 78.7 Å². The van der Waals surface area contributed by atoms with Crippen molar-refractivity contribution in [1.82, 2.24) is 30.0 Å². The molecule has 1 saturated heterocycles. The van der Waals surface area contributed by atoms with E-state index in [2.05, 4.69) is 62.9 Å². The van der Waals surface area contributed by atoms with Crippen LogP contribution >= 0.6 is 11.8 Å². The Hall–Kier alpha value is -2.65. The molecule has 0 saturated carbocycles. The summed E-state index contributed by atoms with van der Waals surface area (Å²) < 4.78 is 1.77. The van der Waals surface area contributed by atoms with Crippen LogP contribution in [0, 0.1) is 0 Å². The highest BCUT2D eigenvalue weighted by Crippen LogP contribution is 2.16. The Morgan fingerprint density at radius 3 is 2.55 bits per heavy atom. The summed E-state index contributed by atoms with van der Waals surface area (Å²) in [5.41, 5.74) is 1.93. The Labute approximate surface area is 187 Å². The van der Waals surface area contributed by atoms with E-state index in [4.69, 9.17) is 5.10 Å². The van der Waals surface area contributed by atoms with E-state index < -0.39 is 0 Å². The zero-order chi connectivity index (χ0) is 21.6. The number of thioether (sulfide) groups is 1. The lowest BCUT2D eigenvalue weighted by Gasteiger charge is -2.33. The highest BCUT2D eigenvalue weighted by molar-refractivity contribution is 7.98. The van der Waals surface area contributed by atoms with Crippen LogP contribution < -0.4 is 10.2 Å². The zero-order valence-electron chi connectivity index (χ0n) is 18.1. The van der Waals surface area contributed by atoms with Crippen LogP contribution in [0.4, 0.5) is 5.82 Å². The number of aromatic nitrogens is 4. The van der Waals surface area contributed by atoms with E-state index in [1.165, 1.54) is 10.5 Å². The van der Waals surface area contributed by atoms with Crippen LogP contribution in [0.25, 0.3) is 5.65 Å². The third-order valence-corrected chi connectivity index (χ3v) is 6.35. The Balaban J connectivity index is 1.29. The van der Waals surface area contributed by atoms with Crippen LogP contribution in [-0.4, -0.2) is 76.6 Å². The van der Waals surface area contributed by atoms with Gasteiger partial charge in [-0.3, -0.25) is 4.79 Å². The van der Waals surface area contributed by atoms with Gasteiger partial charge in [0.25, 0.3) is 0 Å². The number of carbonyl (C=O) groups is 1. The maximum atomic E-state index is 12.3. The number of fused-ring (bicyclic) bond motifs is 1. The number of aryl methyl sites for hydroxylation is 1. The number of piperazine rings is 1. The van der Waals surface area contributed by atoms with Crippen molar-refractivity contribution in [1.29, 1.82) is 0 Å². The average molecular weight is 440 g/mol. The van der Waals surface area contributed by atoms with E-state index in [-0.39, 0.29) is 5.91 Å². The lowest BCUT2D eigenvalue weighted by atomic mass is 10.1. The predicted molar refractivity (Wildman–Crippen MR) is 124 cm³/mol. The van der Waals surface area contributed by atoms with Gasteiger partial charge >= 0.3 is 0 Å². The minimum atomic E-state index is 0.0210. The van der Waals surface area contributed by atoms with Gasteiger partial charge in [0.2, 0.25) is 5.91 Å². The summed E-state index contributed by atoms with van der Waals surface area (Å²) in [6.07, 6.45) is 3.77. The fraction of sp³-hybridized carbons (Fsp3) is 0.455. The monoisotopic (exact) mass is 439 g/mol. The first-order chi connectivity index (χ1) is 15.1. The van der Waals surface area contributed by atoms with Crippen molar-refractivity contribution in [2.24, 2.45) is 0 Å². The van der Waals surface area contributed by atoms with Gasteiger partial charge in [0.15, 0.2) is 11.5 Å². The van der Waals surface area contributed by atoms with Gasteiger partial charge in [0.05, 0.1) is 0 Å². The van der Waals surface area contributed by atoms with Gasteiger partial charge in [-0.25, -0.2) is 0 Å². The molecule has 3 aromatic rings. The number of nitrogens with one attached hydrogen (secondary N) is 1. The quantitative estimate of drug-likeness (QED) is 0.537. The molecule has 0 atom stereocenters. The van der Waals surface area contributed by atoms with Crippen molar-refractivity contribution < 1.29 is 4.79 Å². The summed E-state index contributed by atoms with van der Waals surface area (Å²) in [5.74, 6) is 1.67. The molecule has 3 heterocycles. The smallest absolute Gasteiger partial charge is 0.220 e. The van der Waals surface area contributed by atoms with E-state index in [9.17, 15) is 4.79 Å². The normalized spacial score (nSPS) is 14.8. The van der Waals surface area contributed by atoms with E-state index in [1.807, 2.05) is 12.1 Å². The van der Waals surface area contributed by atoms with E-state index >= 15 is 0 Å². The summed E-state index contributed by atoms with van der Waals surface area (Å²) >= 11 is 1.73. The van der Waals surface area contributed by atoms with E-state index in [1.54, 1.807) is 16.3 Å². The molecule has 31 heavy (non-hydrogen) atoms. The first-order valence-electron chi connectivity index (χ1n) is 10.7. The summed E-state index contributed by atoms with van der Waals surface area (Å²) in [6, 6.07) is 12.4. The predicted octanol–water partition coefficient (Wildman–Crippen LogP) is 1.89. The number of hydrogen-bond donors (Lipinski definition) is 1. The molecule has 1 aliphatic heterocycles. The third kappa shape index (κ3) is 5.54. The molecule has 9 heteroatoms. The number of amides is 1. The van der Waals surface area contributed by atoms with Gasteiger partial charge in [-0.15, -0.1) is 27.1 Å².